The Morgan fingerprint density at radius 3 is 1.57 bits per heavy atom. The molecule has 8 aromatic carbocycles. The highest BCUT2D eigenvalue weighted by molar-refractivity contribution is 6.20. The van der Waals surface area contributed by atoms with Gasteiger partial charge in [0.2, 0.25) is 0 Å². The van der Waals surface area contributed by atoms with Gasteiger partial charge in [0.25, 0.3) is 0 Å². The van der Waals surface area contributed by atoms with Gasteiger partial charge in [0.1, 0.15) is 17.9 Å². The molecule has 2 aliphatic rings. The van der Waals surface area contributed by atoms with E-state index in [2.05, 4.69) is 158 Å². The molecule has 0 fully saturated rings. The Kier molecular flexibility index (Phi) is 6.10. The highest BCUT2D eigenvalue weighted by Gasteiger charge is 2.40. The van der Waals surface area contributed by atoms with Crippen LogP contribution in [0.5, 0.6) is 5.75 Å². The minimum Gasteiger partial charge on any atom is -0.484 e. The quantitative estimate of drug-likeness (QED) is 0.183. The normalized spacial score (nSPS) is 16.3. The summed E-state index contributed by atoms with van der Waals surface area (Å²) in [7, 11) is 0. The molecule has 2 nitrogen and oxygen atoms in total. The number of hydrogen-bond donors (Lipinski definition) is 0. The van der Waals surface area contributed by atoms with E-state index >= 15 is 0 Å². The van der Waals surface area contributed by atoms with Crippen molar-refractivity contribution in [3.8, 4) is 34.1 Å². The fourth-order valence-electron chi connectivity index (χ4n) is 8.52. The lowest BCUT2D eigenvalue weighted by atomic mass is 9.77. The predicted molar refractivity (Wildman–Crippen MR) is 203 cm³/mol. The fourth-order valence-corrected chi connectivity index (χ4v) is 8.52. The maximum Gasteiger partial charge on any atom is 0.135 e. The monoisotopic (exact) mass is 623 g/mol. The van der Waals surface area contributed by atoms with Gasteiger partial charge in [-0.05, 0) is 66.2 Å². The molecule has 49 heavy (non-hydrogen) atoms. The summed E-state index contributed by atoms with van der Waals surface area (Å²) in [6.45, 7) is 0. The molecule has 0 aromatic heterocycles. The van der Waals surface area contributed by atoms with Gasteiger partial charge in [-0.1, -0.05) is 158 Å². The lowest BCUT2D eigenvalue weighted by Crippen LogP contribution is -2.22. The molecule has 0 saturated heterocycles. The van der Waals surface area contributed by atoms with Crippen LogP contribution >= 0.6 is 0 Å². The summed E-state index contributed by atoms with van der Waals surface area (Å²) in [5, 5.41) is 19.3. The van der Waals surface area contributed by atoms with Gasteiger partial charge in [-0.3, -0.25) is 0 Å². The summed E-state index contributed by atoms with van der Waals surface area (Å²) < 4.78 is 7.05. The van der Waals surface area contributed by atoms with Crippen LogP contribution in [0.25, 0.3) is 70.9 Å². The maximum atomic E-state index is 10.3. The molecule has 10 rings (SSSR count). The van der Waals surface area contributed by atoms with Gasteiger partial charge < -0.3 is 4.74 Å². The van der Waals surface area contributed by atoms with Crippen molar-refractivity contribution in [3.63, 3.8) is 0 Å². The first-order chi connectivity index (χ1) is 24.3. The first-order valence-electron chi connectivity index (χ1n) is 16.8. The average Bonchev–Trinajstić information content (AvgIpc) is 3.56. The Bertz CT molecular complexity index is 2650. The molecule has 228 valence electrons. The van der Waals surface area contributed by atoms with Crippen LogP contribution in [0.15, 0.2) is 164 Å². The fraction of sp³-hybridized carbons (Fsp3) is 0.0426. The van der Waals surface area contributed by atoms with Gasteiger partial charge in [-0.2, -0.15) is 5.26 Å². The van der Waals surface area contributed by atoms with Crippen molar-refractivity contribution in [2.75, 3.05) is 0 Å². The van der Waals surface area contributed by atoms with Crippen molar-refractivity contribution >= 4 is 48.7 Å². The van der Waals surface area contributed by atoms with Crippen molar-refractivity contribution in [1.29, 1.82) is 5.26 Å². The van der Waals surface area contributed by atoms with Crippen LogP contribution in [0.4, 0.5) is 0 Å². The summed E-state index contributed by atoms with van der Waals surface area (Å²) in [5.41, 5.74) is 9.12. The third kappa shape index (κ3) is 4.00. The van der Waals surface area contributed by atoms with Crippen LogP contribution in [0, 0.1) is 11.3 Å². The molecule has 2 heteroatoms. The summed E-state index contributed by atoms with van der Waals surface area (Å²) in [6.07, 6.45) is 6.59. The molecule has 0 radical (unpaired) electrons. The van der Waals surface area contributed by atoms with Gasteiger partial charge in [0, 0.05) is 27.8 Å². The molecular formula is C47H29NO. The second-order valence-corrected chi connectivity index (χ2v) is 12.9. The topological polar surface area (TPSA) is 33.0 Å². The Balaban J connectivity index is 1.20. The average molecular weight is 624 g/mol. The van der Waals surface area contributed by atoms with E-state index in [1.165, 1.54) is 49.4 Å². The zero-order valence-corrected chi connectivity index (χ0v) is 26.6. The molecule has 0 N–H and O–H groups in total. The standard InChI is InChI=1S/C47H29NO/c48-28-41-30-16-4-6-18-32(30)44(33-19-7-5-17-31(33)41)38-24-13-27-42-46(38)40-26-12-25-39(47(40)49-42)45-36-22-10-8-20-34(36)43(29-14-2-1-3-15-29)35-21-9-11-23-37(35)45/h1-27,40,47H. The smallest absolute Gasteiger partial charge is 0.135 e. The Hall–Kier alpha value is -6.43. The number of nitriles is 1. The first-order valence-corrected chi connectivity index (χ1v) is 16.8. The number of fused-ring (bicyclic) bond motifs is 7. The first kappa shape index (κ1) is 27.7. The van der Waals surface area contributed by atoms with E-state index in [1.807, 2.05) is 12.1 Å². The number of rotatable bonds is 3. The van der Waals surface area contributed by atoms with Crippen LogP contribution in [-0.4, -0.2) is 6.10 Å². The lowest BCUT2D eigenvalue weighted by Gasteiger charge is -2.27. The lowest BCUT2D eigenvalue weighted by molar-refractivity contribution is 0.278. The molecule has 1 aliphatic heterocycles. The van der Waals surface area contributed by atoms with Gasteiger partial charge in [-0.15, -0.1) is 0 Å². The van der Waals surface area contributed by atoms with Crippen LogP contribution in [0.2, 0.25) is 0 Å². The second kappa shape index (κ2) is 10.8. The minimum absolute atomic E-state index is 0.0192. The maximum absolute atomic E-state index is 10.3. The Morgan fingerprint density at radius 2 is 1.00 bits per heavy atom. The van der Waals surface area contributed by atoms with Crippen molar-refractivity contribution in [1.82, 2.24) is 0 Å². The largest absolute Gasteiger partial charge is 0.484 e. The van der Waals surface area contributed by atoms with Gasteiger partial charge >= 0.3 is 0 Å². The van der Waals surface area contributed by atoms with E-state index in [4.69, 9.17) is 4.74 Å². The SMILES string of the molecule is N#Cc1c2ccccc2c(-c2cccc3c2C2C=CC=C(c4c5ccccc5c(-c5ccccc5)c5ccccc45)C2O3)c2ccccc12. The molecular weight excluding hydrogens is 595 g/mol. The highest BCUT2D eigenvalue weighted by atomic mass is 16.5. The molecule has 2 unspecified atom stereocenters. The van der Waals surface area contributed by atoms with Crippen molar-refractivity contribution in [2.24, 2.45) is 0 Å². The van der Waals surface area contributed by atoms with E-state index < -0.39 is 0 Å². The zero-order chi connectivity index (χ0) is 32.5. The van der Waals surface area contributed by atoms with E-state index in [-0.39, 0.29) is 12.0 Å². The van der Waals surface area contributed by atoms with Crippen LogP contribution < -0.4 is 4.74 Å². The molecule has 2 atom stereocenters. The molecule has 1 heterocycles. The zero-order valence-electron chi connectivity index (χ0n) is 26.6. The van der Waals surface area contributed by atoms with E-state index in [0.717, 1.165) is 44.0 Å². The van der Waals surface area contributed by atoms with Crippen LogP contribution in [-0.2, 0) is 0 Å². The summed E-state index contributed by atoms with van der Waals surface area (Å²) in [5.74, 6) is 0.933. The summed E-state index contributed by atoms with van der Waals surface area (Å²) in [6, 6.07) is 54.0. The second-order valence-electron chi connectivity index (χ2n) is 12.9. The van der Waals surface area contributed by atoms with Gasteiger partial charge in [-0.25, -0.2) is 0 Å². The molecule has 8 aromatic rings. The van der Waals surface area contributed by atoms with E-state index in [0.29, 0.717) is 0 Å². The van der Waals surface area contributed by atoms with Gasteiger partial charge in [0.15, 0.2) is 0 Å². The Labute approximate surface area is 284 Å². The number of hydrogen-bond acceptors (Lipinski definition) is 2. The van der Waals surface area contributed by atoms with Crippen LogP contribution in [0.1, 0.15) is 22.6 Å². The predicted octanol–water partition coefficient (Wildman–Crippen LogP) is 12.0. The highest BCUT2D eigenvalue weighted by Crippen LogP contribution is 2.54. The third-order valence-electron chi connectivity index (χ3n) is 10.5. The van der Waals surface area contributed by atoms with Crippen molar-refractivity contribution < 1.29 is 4.74 Å². The van der Waals surface area contributed by atoms with Gasteiger partial charge in [0.05, 0.1) is 5.56 Å². The van der Waals surface area contributed by atoms with E-state index in [1.54, 1.807) is 0 Å². The number of ether oxygens (including phenoxy) is 1. The molecule has 0 spiro atoms. The van der Waals surface area contributed by atoms with Crippen molar-refractivity contribution in [2.45, 2.75) is 12.0 Å². The number of benzene rings is 8. The molecule has 0 amide bonds. The summed E-state index contributed by atoms with van der Waals surface area (Å²) in [4.78, 5) is 0. The Morgan fingerprint density at radius 1 is 0.490 bits per heavy atom. The molecule has 0 saturated carbocycles. The third-order valence-corrected chi connectivity index (χ3v) is 10.5. The number of nitrogens with zero attached hydrogens (tertiary/aromatic N) is 1. The molecule has 0 bridgehead atoms. The minimum atomic E-state index is -0.188. The molecule has 1 aliphatic carbocycles. The summed E-state index contributed by atoms with van der Waals surface area (Å²) >= 11 is 0. The van der Waals surface area contributed by atoms with Crippen molar-refractivity contribution in [3.05, 3.63) is 181 Å². The number of allylic oxidation sites excluding steroid dienone is 2. The van der Waals surface area contributed by atoms with E-state index in [9.17, 15) is 5.26 Å². The van der Waals surface area contributed by atoms with Crippen LogP contribution in [0.3, 0.4) is 0 Å².